The summed E-state index contributed by atoms with van der Waals surface area (Å²) in [4.78, 5) is 11.5. The molecule has 0 atom stereocenters. The fraction of sp³-hybridized carbons (Fsp3) is 0.0870. The van der Waals surface area contributed by atoms with Crippen molar-refractivity contribution in [3.8, 4) is 5.75 Å². The molecule has 0 radical (unpaired) electrons. The molecule has 6 heteroatoms. The van der Waals surface area contributed by atoms with Crippen LogP contribution in [-0.2, 0) is 6.54 Å². The molecule has 3 aromatic carbocycles. The van der Waals surface area contributed by atoms with E-state index in [0.29, 0.717) is 10.7 Å². The van der Waals surface area contributed by atoms with Gasteiger partial charge in [0.15, 0.2) is 0 Å². The largest absolute Gasteiger partial charge is 0.497 e. The fourth-order valence-electron chi connectivity index (χ4n) is 3.30. The second kappa shape index (κ2) is 7.89. The highest BCUT2D eigenvalue weighted by Gasteiger charge is 2.11. The molecule has 0 aliphatic heterocycles. The molecule has 4 rings (SSSR count). The molecule has 1 aromatic heterocycles. The van der Waals surface area contributed by atoms with Crippen LogP contribution in [0.5, 0.6) is 5.75 Å². The van der Waals surface area contributed by atoms with Crippen molar-refractivity contribution < 1.29 is 14.6 Å². The molecule has 0 saturated heterocycles. The molecule has 0 fully saturated rings. The van der Waals surface area contributed by atoms with Crippen LogP contribution in [-0.4, -0.2) is 22.8 Å². The van der Waals surface area contributed by atoms with Gasteiger partial charge < -0.3 is 19.7 Å². The summed E-state index contributed by atoms with van der Waals surface area (Å²) in [7, 11) is 1.66. The first kappa shape index (κ1) is 18.9. The molecule has 2 N–H and O–H groups in total. The highest BCUT2D eigenvalue weighted by atomic mass is 35.5. The van der Waals surface area contributed by atoms with E-state index in [1.807, 2.05) is 42.6 Å². The smallest absolute Gasteiger partial charge is 0.337 e. The second-order valence-electron chi connectivity index (χ2n) is 6.69. The van der Waals surface area contributed by atoms with Gasteiger partial charge in [-0.1, -0.05) is 23.7 Å². The number of carbonyl (C=O) groups is 1. The zero-order valence-electron chi connectivity index (χ0n) is 15.7. The van der Waals surface area contributed by atoms with Crippen LogP contribution in [0.25, 0.3) is 10.9 Å². The minimum absolute atomic E-state index is 0.134. The fourth-order valence-corrected chi connectivity index (χ4v) is 3.47. The monoisotopic (exact) mass is 406 g/mol. The van der Waals surface area contributed by atoms with Crippen molar-refractivity contribution in [1.29, 1.82) is 0 Å². The van der Waals surface area contributed by atoms with Gasteiger partial charge in [-0.05, 0) is 60.2 Å². The Morgan fingerprint density at radius 2 is 1.86 bits per heavy atom. The summed E-state index contributed by atoms with van der Waals surface area (Å²) in [6.07, 6.45) is 2.05. The molecular formula is C23H19ClN2O3. The maximum Gasteiger partial charge on any atom is 0.337 e. The molecule has 4 aromatic rings. The van der Waals surface area contributed by atoms with Gasteiger partial charge in [0.2, 0.25) is 0 Å². The third kappa shape index (κ3) is 4.05. The summed E-state index contributed by atoms with van der Waals surface area (Å²) < 4.78 is 7.38. The molecule has 29 heavy (non-hydrogen) atoms. The maximum atomic E-state index is 11.5. The lowest BCUT2D eigenvalue weighted by molar-refractivity contribution is 0.0698. The van der Waals surface area contributed by atoms with Gasteiger partial charge in [-0.2, -0.15) is 0 Å². The normalized spacial score (nSPS) is 10.8. The van der Waals surface area contributed by atoms with Crippen LogP contribution in [0.1, 0.15) is 15.9 Å². The van der Waals surface area contributed by atoms with Crippen LogP contribution >= 0.6 is 11.6 Å². The van der Waals surface area contributed by atoms with Crippen LogP contribution < -0.4 is 10.1 Å². The molecule has 1 heterocycles. The Kier molecular flexibility index (Phi) is 5.14. The lowest BCUT2D eigenvalue weighted by Crippen LogP contribution is -2.02. The Morgan fingerprint density at radius 1 is 1.07 bits per heavy atom. The number of anilines is 2. The van der Waals surface area contributed by atoms with E-state index in [1.54, 1.807) is 19.2 Å². The van der Waals surface area contributed by atoms with E-state index in [-0.39, 0.29) is 5.56 Å². The van der Waals surface area contributed by atoms with Gasteiger partial charge in [-0.25, -0.2) is 4.79 Å². The van der Waals surface area contributed by atoms with E-state index in [4.69, 9.17) is 16.3 Å². The summed E-state index contributed by atoms with van der Waals surface area (Å²) in [5.74, 6) is -0.188. The van der Waals surface area contributed by atoms with E-state index in [0.717, 1.165) is 28.9 Å². The van der Waals surface area contributed by atoms with Crippen molar-refractivity contribution in [1.82, 2.24) is 4.57 Å². The number of hydrogen-bond acceptors (Lipinski definition) is 3. The molecule has 5 nitrogen and oxygen atoms in total. The number of aromatic carboxylic acids is 1. The van der Waals surface area contributed by atoms with Gasteiger partial charge in [0.1, 0.15) is 5.75 Å². The number of hydrogen-bond donors (Lipinski definition) is 2. The third-order valence-corrected chi connectivity index (χ3v) is 5.01. The lowest BCUT2D eigenvalue weighted by Gasteiger charge is -2.11. The van der Waals surface area contributed by atoms with Gasteiger partial charge in [-0.15, -0.1) is 0 Å². The summed E-state index contributed by atoms with van der Waals surface area (Å²) in [5, 5.41) is 14.0. The number of carboxylic acid groups (broad SMARTS) is 1. The van der Waals surface area contributed by atoms with E-state index < -0.39 is 5.97 Å². The number of aromatic nitrogens is 1. The number of benzene rings is 3. The molecule has 0 spiro atoms. The number of rotatable bonds is 6. The third-order valence-electron chi connectivity index (χ3n) is 4.77. The van der Waals surface area contributed by atoms with Gasteiger partial charge >= 0.3 is 5.97 Å². The Balaban J connectivity index is 1.59. The van der Waals surface area contributed by atoms with Gasteiger partial charge in [0.25, 0.3) is 0 Å². The van der Waals surface area contributed by atoms with Crippen LogP contribution in [0, 0.1) is 0 Å². The van der Waals surface area contributed by atoms with Crippen molar-refractivity contribution >= 4 is 39.8 Å². The zero-order chi connectivity index (χ0) is 20.4. The van der Waals surface area contributed by atoms with Gasteiger partial charge in [-0.3, -0.25) is 0 Å². The van der Waals surface area contributed by atoms with Crippen LogP contribution in [0.3, 0.4) is 0 Å². The minimum Gasteiger partial charge on any atom is -0.497 e. The second-order valence-corrected chi connectivity index (χ2v) is 7.12. The average molecular weight is 407 g/mol. The van der Waals surface area contributed by atoms with E-state index in [1.165, 1.54) is 11.6 Å². The molecular weight excluding hydrogens is 388 g/mol. The highest BCUT2D eigenvalue weighted by Crippen LogP contribution is 2.27. The van der Waals surface area contributed by atoms with E-state index in [2.05, 4.69) is 22.0 Å². The van der Waals surface area contributed by atoms with Crippen molar-refractivity contribution in [2.75, 3.05) is 12.4 Å². The first-order valence-electron chi connectivity index (χ1n) is 9.05. The predicted molar refractivity (Wildman–Crippen MR) is 116 cm³/mol. The van der Waals surface area contributed by atoms with E-state index >= 15 is 0 Å². The van der Waals surface area contributed by atoms with Crippen LogP contribution in [0.15, 0.2) is 72.9 Å². The summed E-state index contributed by atoms with van der Waals surface area (Å²) in [6.45, 7) is 0.751. The number of fused-ring (bicyclic) bond motifs is 1. The van der Waals surface area contributed by atoms with Gasteiger partial charge in [0, 0.05) is 34.4 Å². The van der Waals surface area contributed by atoms with Crippen LogP contribution in [0.2, 0.25) is 5.02 Å². The SMILES string of the molecule is COc1ccc(Cn2ccc3cc(Nc4ccc(Cl)cc4C(=O)O)ccc32)cc1. The molecule has 0 amide bonds. The van der Waals surface area contributed by atoms with Crippen molar-refractivity contribution in [3.63, 3.8) is 0 Å². The molecule has 0 bridgehead atoms. The predicted octanol–water partition coefficient (Wildman–Crippen LogP) is 5.79. The van der Waals surface area contributed by atoms with Crippen molar-refractivity contribution in [2.45, 2.75) is 6.54 Å². The molecule has 0 unspecified atom stereocenters. The van der Waals surface area contributed by atoms with E-state index in [9.17, 15) is 9.90 Å². The summed E-state index contributed by atoms with van der Waals surface area (Å²) in [5.41, 5.74) is 3.72. The van der Waals surface area contributed by atoms with Crippen LogP contribution in [0.4, 0.5) is 11.4 Å². The summed E-state index contributed by atoms with van der Waals surface area (Å²) >= 11 is 5.93. The molecule has 0 aliphatic rings. The summed E-state index contributed by atoms with van der Waals surface area (Å²) in [6, 6.07) is 20.8. The standard InChI is InChI=1S/C23H19ClN2O3/c1-29-19-6-2-15(3-7-19)14-26-11-10-16-12-18(5-9-22(16)26)25-21-8-4-17(24)13-20(21)23(27)28/h2-13,25H,14H2,1H3,(H,27,28). The Labute approximate surface area is 173 Å². The first-order chi connectivity index (χ1) is 14.0. The highest BCUT2D eigenvalue weighted by molar-refractivity contribution is 6.31. The quantitative estimate of drug-likeness (QED) is 0.425. The number of halogens is 1. The molecule has 0 aliphatic carbocycles. The molecule has 0 saturated carbocycles. The average Bonchev–Trinajstić information content (AvgIpc) is 3.12. The Bertz CT molecular complexity index is 1180. The Morgan fingerprint density at radius 3 is 2.59 bits per heavy atom. The first-order valence-corrected chi connectivity index (χ1v) is 9.43. The number of nitrogens with zero attached hydrogens (tertiary/aromatic N) is 1. The Hall–Kier alpha value is -3.44. The number of nitrogens with one attached hydrogen (secondary N) is 1. The lowest BCUT2D eigenvalue weighted by atomic mass is 10.1. The number of ether oxygens (including phenoxy) is 1. The number of carboxylic acids is 1. The maximum absolute atomic E-state index is 11.5. The topological polar surface area (TPSA) is 63.5 Å². The van der Waals surface area contributed by atoms with Gasteiger partial charge in [0.05, 0.1) is 18.4 Å². The van der Waals surface area contributed by atoms with Crippen molar-refractivity contribution in [3.05, 3.63) is 89.1 Å². The minimum atomic E-state index is -1.03. The zero-order valence-corrected chi connectivity index (χ0v) is 16.5. The molecule has 146 valence electrons. The number of methoxy groups -OCH3 is 1. The van der Waals surface area contributed by atoms with Crippen molar-refractivity contribution in [2.24, 2.45) is 0 Å².